The highest BCUT2D eigenvalue weighted by Gasteiger charge is 2.42. The van der Waals surface area contributed by atoms with Crippen molar-refractivity contribution in [2.24, 2.45) is 5.41 Å². The SMILES string of the molecule is CC(=O)N1CCC2(CCCNC2=O)CC1. The van der Waals surface area contributed by atoms with Crippen LogP contribution in [0.25, 0.3) is 0 Å². The number of likely N-dealkylation sites (tertiary alicyclic amines) is 1. The van der Waals surface area contributed by atoms with Gasteiger partial charge < -0.3 is 10.2 Å². The van der Waals surface area contributed by atoms with E-state index in [4.69, 9.17) is 0 Å². The summed E-state index contributed by atoms with van der Waals surface area (Å²) < 4.78 is 0. The first-order valence-corrected chi connectivity index (χ1v) is 5.68. The largest absolute Gasteiger partial charge is 0.356 e. The number of rotatable bonds is 0. The molecular weight excluding hydrogens is 192 g/mol. The number of hydrogen-bond acceptors (Lipinski definition) is 2. The summed E-state index contributed by atoms with van der Waals surface area (Å²) in [4.78, 5) is 24.9. The monoisotopic (exact) mass is 210 g/mol. The average molecular weight is 210 g/mol. The van der Waals surface area contributed by atoms with Crippen LogP contribution in [-0.4, -0.2) is 36.3 Å². The van der Waals surface area contributed by atoms with Gasteiger partial charge in [0, 0.05) is 26.6 Å². The highest BCUT2D eigenvalue weighted by molar-refractivity contribution is 5.84. The molecule has 0 radical (unpaired) electrons. The molecule has 0 unspecified atom stereocenters. The van der Waals surface area contributed by atoms with Crippen molar-refractivity contribution in [1.29, 1.82) is 0 Å². The number of amides is 2. The van der Waals surface area contributed by atoms with Crippen LogP contribution in [0.1, 0.15) is 32.6 Å². The van der Waals surface area contributed by atoms with Crippen LogP contribution in [0.2, 0.25) is 0 Å². The lowest BCUT2D eigenvalue weighted by molar-refractivity contribution is -0.141. The summed E-state index contributed by atoms with van der Waals surface area (Å²) in [6.45, 7) is 3.89. The summed E-state index contributed by atoms with van der Waals surface area (Å²) in [7, 11) is 0. The summed E-state index contributed by atoms with van der Waals surface area (Å²) in [6.07, 6.45) is 3.73. The molecule has 2 aliphatic heterocycles. The normalized spacial score (nSPS) is 25.1. The fraction of sp³-hybridized carbons (Fsp3) is 0.818. The van der Waals surface area contributed by atoms with Crippen molar-refractivity contribution in [3.63, 3.8) is 0 Å². The number of hydrogen-bond donors (Lipinski definition) is 1. The maximum atomic E-state index is 11.8. The zero-order valence-corrected chi connectivity index (χ0v) is 9.21. The van der Waals surface area contributed by atoms with E-state index in [1.807, 2.05) is 4.90 Å². The Labute approximate surface area is 90.0 Å². The third-order valence-electron chi connectivity index (χ3n) is 3.77. The van der Waals surface area contributed by atoms with E-state index >= 15 is 0 Å². The van der Waals surface area contributed by atoms with E-state index in [0.29, 0.717) is 0 Å². The van der Waals surface area contributed by atoms with Gasteiger partial charge in [-0.05, 0) is 25.7 Å². The van der Waals surface area contributed by atoms with Crippen LogP contribution in [0.15, 0.2) is 0 Å². The minimum atomic E-state index is -0.162. The molecule has 1 spiro atoms. The molecule has 4 heteroatoms. The second kappa shape index (κ2) is 3.83. The van der Waals surface area contributed by atoms with Gasteiger partial charge in [0.2, 0.25) is 11.8 Å². The van der Waals surface area contributed by atoms with Crippen LogP contribution in [0.4, 0.5) is 0 Å². The van der Waals surface area contributed by atoms with Crippen LogP contribution in [-0.2, 0) is 9.59 Å². The van der Waals surface area contributed by atoms with Crippen molar-refractivity contribution in [2.75, 3.05) is 19.6 Å². The van der Waals surface area contributed by atoms with Gasteiger partial charge in [0.05, 0.1) is 5.41 Å². The summed E-state index contributed by atoms with van der Waals surface area (Å²) in [5.41, 5.74) is -0.162. The predicted octanol–water partition coefficient (Wildman–Crippen LogP) is 0.525. The molecule has 2 saturated heterocycles. The molecule has 0 aromatic rings. The number of nitrogens with one attached hydrogen (secondary N) is 1. The molecule has 2 fully saturated rings. The third kappa shape index (κ3) is 1.85. The first-order valence-electron chi connectivity index (χ1n) is 5.68. The third-order valence-corrected chi connectivity index (χ3v) is 3.77. The summed E-state index contributed by atoms with van der Waals surface area (Å²) >= 11 is 0. The fourth-order valence-corrected chi connectivity index (χ4v) is 2.66. The highest BCUT2D eigenvalue weighted by Crippen LogP contribution is 2.38. The first kappa shape index (κ1) is 10.5. The standard InChI is InChI=1S/C11H18N2O2/c1-9(14)13-7-4-11(5-8-13)3-2-6-12-10(11)15/h2-8H2,1H3,(H,12,15). The topological polar surface area (TPSA) is 49.4 Å². The van der Waals surface area contributed by atoms with E-state index in [-0.39, 0.29) is 17.2 Å². The van der Waals surface area contributed by atoms with Crippen LogP contribution in [0, 0.1) is 5.41 Å². The quantitative estimate of drug-likeness (QED) is 0.634. The molecule has 1 N–H and O–H groups in total. The minimum absolute atomic E-state index is 0.126. The Bertz CT molecular complexity index is 280. The number of nitrogens with zero attached hydrogens (tertiary/aromatic N) is 1. The fourth-order valence-electron chi connectivity index (χ4n) is 2.66. The first-order chi connectivity index (χ1) is 7.14. The Morgan fingerprint density at radius 1 is 1.33 bits per heavy atom. The van der Waals surface area contributed by atoms with Gasteiger partial charge in [-0.25, -0.2) is 0 Å². The molecule has 15 heavy (non-hydrogen) atoms. The van der Waals surface area contributed by atoms with E-state index < -0.39 is 0 Å². The lowest BCUT2D eigenvalue weighted by Crippen LogP contribution is -2.52. The maximum absolute atomic E-state index is 11.8. The molecule has 4 nitrogen and oxygen atoms in total. The Morgan fingerprint density at radius 3 is 2.53 bits per heavy atom. The van der Waals surface area contributed by atoms with Crippen molar-refractivity contribution in [2.45, 2.75) is 32.6 Å². The lowest BCUT2D eigenvalue weighted by Gasteiger charge is -2.42. The van der Waals surface area contributed by atoms with Gasteiger partial charge in [-0.3, -0.25) is 9.59 Å². The van der Waals surface area contributed by atoms with Gasteiger partial charge in [0.25, 0.3) is 0 Å². The lowest BCUT2D eigenvalue weighted by atomic mass is 9.72. The second-order valence-electron chi connectivity index (χ2n) is 4.65. The smallest absolute Gasteiger partial charge is 0.226 e. The number of carbonyl (C=O) groups is 2. The van der Waals surface area contributed by atoms with Crippen LogP contribution < -0.4 is 5.32 Å². The van der Waals surface area contributed by atoms with E-state index in [1.54, 1.807) is 6.92 Å². The van der Waals surface area contributed by atoms with Crippen LogP contribution in [0.5, 0.6) is 0 Å². The van der Waals surface area contributed by atoms with Gasteiger partial charge in [0.1, 0.15) is 0 Å². The molecule has 2 amide bonds. The van der Waals surface area contributed by atoms with Gasteiger partial charge >= 0.3 is 0 Å². The number of piperidine rings is 2. The predicted molar refractivity (Wildman–Crippen MR) is 56.2 cm³/mol. The minimum Gasteiger partial charge on any atom is -0.356 e. The van der Waals surface area contributed by atoms with E-state index in [2.05, 4.69) is 5.32 Å². The highest BCUT2D eigenvalue weighted by atomic mass is 16.2. The summed E-state index contributed by atoms with van der Waals surface area (Å²) in [6, 6.07) is 0. The van der Waals surface area contributed by atoms with E-state index in [0.717, 1.165) is 45.3 Å². The molecule has 0 saturated carbocycles. The molecule has 0 bridgehead atoms. The van der Waals surface area contributed by atoms with Crippen LogP contribution in [0.3, 0.4) is 0 Å². The Balaban J connectivity index is 2.01. The zero-order valence-electron chi connectivity index (χ0n) is 9.21. The second-order valence-corrected chi connectivity index (χ2v) is 4.65. The van der Waals surface area contributed by atoms with Crippen molar-refractivity contribution in [3.8, 4) is 0 Å². The Hall–Kier alpha value is -1.06. The molecule has 0 aliphatic carbocycles. The van der Waals surface area contributed by atoms with Gasteiger partial charge in [-0.15, -0.1) is 0 Å². The molecule has 0 aromatic heterocycles. The van der Waals surface area contributed by atoms with Crippen molar-refractivity contribution < 1.29 is 9.59 Å². The number of carbonyl (C=O) groups excluding carboxylic acids is 2. The van der Waals surface area contributed by atoms with Gasteiger partial charge in [-0.2, -0.15) is 0 Å². The molecule has 0 atom stereocenters. The molecular formula is C11H18N2O2. The average Bonchev–Trinajstić information content (AvgIpc) is 2.23. The Morgan fingerprint density at radius 2 is 2.00 bits per heavy atom. The Kier molecular flexibility index (Phi) is 2.67. The van der Waals surface area contributed by atoms with Gasteiger partial charge in [-0.1, -0.05) is 0 Å². The van der Waals surface area contributed by atoms with E-state index in [9.17, 15) is 9.59 Å². The van der Waals surface area contributed by atoms with Crippen molar-refractivity contribution >= 4 is 11.8 Å². The maximum Gasteiger partial charge on any atom is 0.226 e. The van der Waals surface area contributed by atoms with E-state index in [1.165, 1.54) is 0 Å². The van der Waals surface area contributed by atoms with Gasteiger partial charge in [0.15, 0.2) is 0 Å². The summed E-state index contributed by atoms with van der Waals surface area (Å²) in [5, 5.41) is 2.94. The summed E-state index contributed by atoms with van der Waals surface area (Å²) in [5.74, 6) is 0.331. The zero-order chi connectivity index (χ0) is 10.9. The molecule has 2 rings (SSSR count). The van der Waals surface area contributed by atoms with Crippen molar-refractivity contribution in [3.05, 3.63) is 0 Å². The molecule has 0 aromatic carbocycles. The molecule has 2 heterocycles. The molecule has 84 valence electrons. The van der Waals surface area contributed by atoms with Crippen LogP contribution >= 0.6 is 0 Å². The van der Waals surface area contributed by atoms with Crippen molar-refractivity contribution in [1.82, 2.24) is 10.2 Å². The molecule has 2 aliphatic rings.